The van der Waals surface area contributed by atoms with Crippen LogP contribution in [0.4, 0.5) is 0 Å². The number of alkyl halides is 3. The Balaban J connectivity index is 2.64. The number of rotatable bonds is 0. The summed E-state index contributed by atoms with van der Waals surface area (Å²) in [7, 11) is 0. The van der Waals surface area contributed by atoms with Gasteiger partial charge >= 0.3 is 0 Å². The van der Waals surface area contributed by atoms with Crippen molar-refractivity contribution in [3.05, 3.63) is 34.6 Å². The third-order valence-electron chi connectivity index (χ3n) is 1.79. The van der Waals surface area contributed by atoms with Crippen molar-refractivity contribution in [2.75, 3.05) is 0 Å². The normalized spacial score (nSPS) is 12.0. The molecule has 0 N–H and O–H groups in total. The van der Waals surface area contributed by atoms with Gasteiger partial charge in [-0.2, -0.15) is 0 Å². The summed E-state index contributed by atoms with van der Waals surface area (Å²) >= 11 is 20.5. The molecule has 0 saturated heterocycles. The van der Waals surface area contributed by atoms with Gasteiger partial charge < -0.3 is 0 Å². The van der Waals surface area contributed by atoms with Crippen molar-refractivity contribution in [1.82, 2.24) is 9.97 Å². The van der Waals surface area contributed by atoms with E-state index in [9.17, 15) is 0 Å². The van der Waals surface area contributed by atoms with Crippen LogP contribution in [-0.4, -0.2) is 9.97 Å². The second kappa shape index (κ2) is 4.06. The Morgan fingerprint density at radius 2 is 1.87 bits per heavy atom. The molecule has 0 aliphatic rings. The summed E-state index contributed by atoms with van der Waals surface area (Å²) in [5, 5.41) is 0. The van der Waals surface area contributed by atoms with E-state index in [-0.39, 0.29) is 0 Å². The lowest BCUT2D eigenvalue weighted by molar-refractivity contribution is 1.08. The molecule has 0 atom stereocenters. The van der Waals surface area contributed by atoms with Crippen LogP contribution in [0.1, 0.15) is 5.69 Å². The van der Waals surface area contributed by atoms with E-state index in [2.05, 4.69) is 25.9 Å². The predicted octanol–water partition coefficient (Wildman–Crippen LogP) is 4.22. The smallest absolute Gasteiger partial charge is 0.234 e. The van der Waals surface area contributed by atoms with E-state index < -0.39 is 3.79 Å². The summed E-state index contributed by atoms with van der Waals surface area (Å²) in [5.74, 6) is 0. The maximum Gasteiger partial charge on any atom is 0.234 e. The largest absolute Gasteiger partial charge is 0.253 e. The first-order chi connectivity index (χ1) is 6.97. The fraction of sp³-hybridized carbons (Fsp3) is 0.111. The number of fused-ring (bicyclic) bond motifs is 1. The molecule has 15 heavy (non-hydrogen) atoms. The minimum absolute atomic E-state index is 0.318. The molecule has 0 radical (unpaired) electrons. The molecular formula is C9H4BrCl3N2. The minimum Gasteiger partial charge on any atom is -0.253 e. The molecule has 0 fully saturated rings. The molecule has 0 saturated carbocycles. The van der Waals surface area contributed by atoms with Gasteiger partial charge in [0.2, 0.25) is 3.79 Å². The SMILES string of the molecule is ClC(Cl)(Cl)c1cnc2ccc(Br)cc2n1. The van der Waals surface area contributed by atoms with Gasteiger partial charge in [-0.3, -0.25) is 4.98 Å². The van der Waals surface area contributed by atoms with Crippen LogP contribution >= 0.6 is 50.7 Å². The highest BCUT2D eigenvalue weighted by molar-refractivity contribution is 9.10. The number of benzene rings is 1. The van der Waals surface area contributed by atoms with Crippen molar-refractivity contribution in [1.29, 1.82) is 0 Å². The van der Waals surface area contributed by atoms with E-state index >= 15 is 0 Å². The van der Waals surface area contributed by atoms with Gasteiger partial charge in [-0.1, -0.05) is 50.7 Å². The fourth-order valence-electron chi connectivity index (χ4n) is 1.12. The monoisotopic (exact) mass is 324 g/mol. The summed E-state index contributed by atoms with van der Waals surface area (Å²) in [6.07, 6.45) is 1.46. The molecule has 0 aliphatic heterocycles. The second-order valence-electron chi connectivity index (χ2n) is 2.89. The molecule has 1 heterocycles. The molecule has 6 heteroatoms. The van der Waals surface area contributed by atoms with Crippen molar-refractivity contribution in [3.8, 4) is 0 Å². The van der Waals surface area contributed by atoms with Gasteiger partial charge in [0.1, 0.15) is 5.69 Å². The number of nitrogens with zero attached hydrogens (tertiary/aromatic N) is 2. The lowest BCUT2D eigenvalue weighted by Gasteiger charge is -2.09. The van der Waals surface area contributed by atoms with Crippen LogP contribution < -0.4 is 0 Å². The van der Waals surface area contributed by atoms with Crippen LogP contribution in [0, 0.1) is 0 Å². The average molecular weight is 326 g/mol. The van der Waals surface area contributed by atoms with Crippen molar-refractivity contribution >= 4 is 61.8 Å². The van der Waals surface area contributed by atoms with Crippen LogP contribution in [0.2, 0.25) is 0 Å². The van der Waals surface area contributed by atoms with Gasteiger partial charge in [0.05, 0.1) is 17.2 Å². The molecule has 1 aromatic carbocycles. The van der Waals surface area contributed by atoms with Gasteiger partial charge in [0.25, 0.3) is 0 Å². The Morgan fingerprint density at radius 1 is 1.13 bits per heavy atom. The Morgan fingerprint density at radius 3 is 2.53 bits per heavy atom. The Kier molecular flexibility index (Phi) is 3.08. The van der Waals surface area contributed by atoms with Crippen molar-refractivity contribution in [3.63, 3.8) is 0 Å². The zero-order valence-corrected chi connectivity index (χ0v) is 11.1. The first-order valence-corrected chi connectivity index (χ1v) is 5.89. The number of hydrogen-bond acceptors (Lipinski definition) is 2. The first-order valence-electron chi connectivity index (χ1n) is 3.96. The summed E-state index contributed by atoms with van der Waals surface area (Å²) in [6, 6.07) is 5.54. The van der Waals surface area contributed by atoms with E-state index in [0.717, 1.165) is 9.99 Å². The molecule has 2 rings (SSSR count). The van der Waals surface area contributed by atoms with Gasteiger partial charge in [-0.05, 0) is 18.2 Å². The van der Waals surface area contributed by atoms with E-state index in [1.54, 1.807) is 0 Å². The minimum atomic E-state index is -1.54. The standard InChI is InChI=1S/C9H4BrCl3N2/c10-5-1-2-6-7(3-5)15-8(4-14-6)9(11,12)13/h1-4H. The quantitative estimate of drug-likeness (QED) is 0.678. The molecule has 0 amide bonds. The molecular weight excluding hydrogens is 322 g/mol. The molecule has 2 aromatic rings. The van der Waals surface area contributed by atoms with E-state index in [0.29, 0.717) is 11.2 Å². The maximum atomic E-state index is 5.72. The lowest BCUT2D eigenvalue weighted by atomic mass is 10.3. The first kappa shape index (κ1) is 11.4. The molecule has 1 aromatic heterocycles. The Bertz CT molecular complexity index is 510. The predicted molar refractivity (Wildman–Crippen MR) is 66.5 cm³/mol. The highest BCUT2D eigenvalue weighted by Gasteiger charge is 2.25. The highest BCUT2D eigenvalue weighted by atomic mass is 79.9. The van der Waals surface area contributed by atoms with Crippen molar-refractivity contribution < 1.29 is 0 Å². The van der Waals surface area contributed by atoms with E-state index in [1.807, 2.05) is 18.2 Å². The van der Waals surface area contributed by atoms with Gasteiger partial charge in [0, 0.05) is 4.47 Å². The molecule has 0 aliphatic carbocycles. The maximum absolute atomic E-state index is 5.72. The Labute approximate surface area is 110 Å². The number of hydrogen-bond donors (Lipinski definition) is 0. The molecule has 0 unspecified atom stereocenters. The summed E-state index contributed by atoms with van der Waals surface area (Å²) in [6.45, 7) is 0. The topological polar surface area (TPSA) is 25.8 Å². The van der Waals surface area contributed by atoms with Crippen LogP contribution in [0.5, 0.6) is 0 Å². The van der Waals surface area contributed by atoms with E-state index in [4.69, 9.17) is 34.8 Å². The van der Waals surface area contributed by atoms with Gasteiger partial charge in [-0.15, -0.1) is 0 Å². The average Bonchev–Trinajstić information content (AvgIpc) is 2.15. The van der Waals surface area contributed by atoms with Crippen LogP contribution in [0.3, 0.4) is 0 Å². The summed E-state index contributed by atoms with van der Waals surface area (Å²) < 4.78 is -0.630. The highest BCUT2D eigenvalue weighted by Crippen LogP contribution is 2.37. The zero-order valence-electron chi connectivity index (χ0n) is 7.22. The summed E-state index contributed by atoms with van der Waals surface area (Å²) in [4.78, 5) is 8.37. The molecule has 2 nitrogen and oxygen atoms in total. The Hall–Kier alpha value is -0.0900. The molecule has 0 spiro atoms. The third kappa shape index (κ3) is 2.53. The van der Waals surface area contributed by atoms with Gasteiger partial charge in [0.15, 0.2) is 0 Å². The number of halogens is 4. The second-order valence-corrected chi connectivity index (χ2v) is 6.08. The van der Waals surface area contributed by atoms with Crippen molar-refractivity contribution in [2.45, 2.75) is 3.79 Å². The number of aromatic nitrogens is 2. The van der Waals surface area contributed by atoms with Crippen molar-refractivity contribution in [2.24, 2.45) is 0 Å². The van der Waals surface area contributed by atoms with Crippen LogP contribution in [0.15, 0.2) is 28.9 Å². The summed E-state index contributed by atoms with van der Waals surface area (Å²) in [5.41, 5.74) is 1.77. The molecule has 78 valence electrons. The fourth-order valence-corrected chi connectivity index (χ4v) is 1.74. The van der Waals surface area contributed by atoms with Gasteiger partial charge in [-0.25, -0.2) is 4.98 Å². The molecule has 0 bridgehead atoms. The van der Waals surface area contributed by atoms with Crippen LogP contribution in [0.25, 0.3) is 11.0 Å². The third-order valence-corrected chi connectivity index (χ3v) is 2.87. The van der Waals surface area contributed by atoms with Crippen LogP contribution in [-0.2, 0) is 3.79 Å². The lowest BCUT2D eigenvalue weighted by Crippen LogP contribution is -2.04. The zero-order chi connectivity index (χ0) is 11.1. The van der Waals surface area contributed by atoms with E-state index in [1.165, 1.54) is 6.20 Å².